The Morgan fingerprint density at radius 3 is 3.00 bits per heavy atom. The smallest absolute Gasteiger partial charge is 0.184 e. The Kier molecular flexibility index (Phi) is 2.99. The van der Waals surface area contributed by atoms with Crippen molar-refractivity contribution in [2.75, 3.05) is 5.32 Å². The first kappa shape index (κ1) is 12.2. The normalized spacial score (nSPS) is 22.5. The molecule has 0 aliphatic heterocycles. The first-order chi connectivity index (χ1) is 8.54. The van der Waals surface area contributed by atoms with E-state index in [4.69, 9.17) is 11.6 Å². The summed E-state index contributed by atoms with van der Waals surface area (Å²) in [6, 6.07) is 6.43. The van der Waals surface area contributed by atoms with E-state index in [0.717, 1.165) is 15.7 Å². The van der Waals surface area contributed by atoms with Gasteiger partial charge in [-0.05, 0) is 36.5 Å². The van der Waals surface area contributed by atoms with E-state index >= 15 is 0 Å². The number of nitrogens with one attached hydrogen (secondary N) is 1. The molecule has 0 spiro atoms. The third-order valence-electron chi connectivity index (χ3n) is 3.90. The van der Waals surface area contributed by atoms with Crippen LogP contribution in [0, 0.1) is 5.41 Å². The monoisotopic (exact) mass is 280 g/mol. The second kappa shape index (κ2) is 4.39. The number of aromatic nitrogens is 1. The average molecular weight is 281 g/mol. The summed E-state index contributed by atoms with van der Waals surface area (Å²) in [6.45, 7) is 4.67. The number of benzene rings is 1. The van der Waals surface area contributed by atoms with E-state index in [0.29, 0.717) is 11.5 Å². The maximum Gasteiger partial charge on any atom is 0.184 e. The highest BCUT2D eigenvalue weighted by molar-refractivity contribution is 7.22. The van der Waals surface area contributed by atoms with Gasteiger partial charge in [-0.3, -0.25) is 0 Å². The van der Waals surface area contributed by atoms with Crippen LogP contribution < -0.4 is 5.32 Å². The molecule has 1 N–H and O–H groups in total. The van der Waals surface area contributed by atoms with Crippen LogP contribution in [0.2, 0.25) is 5.02 Å². The van der Waals surface area contributed by atoms with Gasteiger partial charge in [-0.2, -0.15) is 0 Å². The van der Waals surface area contributed by atoms with E-state index in [-0.39, 0.29) is 0 Å². The molecule has 1 aliphatic rings. The molecule has 4 heteroatoms. The van der Waals surface area contributed by atoms with Gasteiger partial charge in [0.05, 0.1) is 10.2 Å². The van der Waals surface area contributed by atoms with Crippen LogP contribution in [0.1, 0.15) is 33.1 Å². The molecule has 0 amide bonds. The van der Waals surface area contributed by atoms with Gasteiger partial charge in [-0.25, -0.2) is 4.98 Å². The summed E-state index contributed by atoms with van der Waals surface area (Å²) in [5.41, 5.74) is 1.36. The second-order valence-electron chi connectivity index (χ2n) is 5.71. The highest BCUT2D eigenvalue weighted by atomic mass is 35.5. The van der Waals surface area contributed by atoms with Gasteiger partial charge >= 0.3 is 0 Å². The summed E-state index contributed by atoms with van der Waals surface area (Å²) in [6.07, 6.45) is 3.84. The highest BCUT2D eigenvalue weighted by Crippen LogP contribution is 2.40. The SMILES string of the molecule is CC1(C)CCCC1Nc1nc2cc(Cl)ccc2s1. The summed E-state index contributed by atoms with van der Waals surface area (Å²) in [5.74, 6) is 0. The molecule has 1 atom stereocenters. The highest BCUT2D eigenvalue weighted by Gasteiger charge is 2.34. The molecule has 1 aliphatic carbocycles. The number of anilines is 1. The van der Waals surface area contributed by atoms with Crippen LogP contribution in [0.5, 0.6) is 0 Å². The van der Waals surface area contributed by atoms with Gasteiger partial charge in [0.1, 0.15) is 0 Å². The van der Waals surface area contributed by atoms with Gasteiger partial charge in [0.2, 0.25) is 0 Å². The van der Waals surface area contributed by atoms with Crippen molar-refractivity contribution in [3.63, 3.8) is 0 Å². The molecule has 18 heavy (non-hydrogen) atoms. The number of rotatable bonds is 2. The van der Waals surface area contributed by atoms with Gasteiger partial charge < -0.3 is 5.32 Å². The van der Waals surface area contributed by atoms with Crippen molar-refractivity contribution in [2.24, 2.45) is 5.41 Å². The third kappa shape index (κ3) is 2.21. The maximum atomic E-state index is 5.99. The molecule has 2 aromatic rings. The van der Waals surface area contributed by atoms with Crippen LogP contribution in [0.15, 0.2) is 18.2 Å². The zero-order valence-electron chi connectivity index (χ0n) is 10.7. The Morgan fingerprint density at radius 2 is 2.28 bits per heavy atom. The maximum absolute atomic E-state index is 5.99. The van der Waals surface area contributed by atoms with Gasteiger partial charge in [0.15, 0.2) is 5.13 Å². The quantitative estimate of drug-likeness (QED) is 0.843. The molecule has 1 aromatic carbocycles. The van der Waals surface area contributed by atoms with Crippen LogP contribution in [-0.2, 0) is 0 Å². The molecule has 0 bridgehead atoms. The van der Waals surface area contributed by atoms with Crippen molar-refractivity contribution < 1.29 is 0 Å². The third-order valence-corrected chi connectivity index (χ3v) is 5.11. The van der Waals surface area contributed by atoms with Crippen LogP contribution in [0.3, 0.4) is 0 Å². The fourth-order valence-electron chi connectivity index (χ4n) is 2.71. The van der Waals surface area contributed by atoms with Gasteiger partial charge in [0, 0.05) is 11.1 Å². The molecule has 2 nitrogen and oxygen atoms in total. The first-order valence-electron chi connectivity index (χ1n) is 6.37. The lowest BCUT2D eigenvalue weighted by atomic mass is 9.87. The molecule has 3 rings (SSSR count). The van der Waals surface area contributed by atoms with E-state index in [2.05, 4.69) is 24.1 Å². The topological polar surface area (TPSA) is 24.9 Å². The zero-order chi connectivity index (χ0) is 12.8. The standard InChI is InChI=1S/C14H17ClN2S/c1-14(2)7-3-4-12(14)17-13-16-10-8-9(15)5-6-11(10)18-13/h5-6,8,12H,3-4,7H2,1-2H3,(H,16,17). The number of hydrogen-bond donors (Lipinski definition) is 1. The number of fused-ring (bicyclic) bond motifs is 1. The minimum absolute atomic E-state index is 0.371. The average Bonchev–Trinajstić information content (AvgIpc) is 2.82. The molecule has 1 fully saturated rings. The van der Waals surface area contributed by atoms with E-state index in [9.17, 15) is 0 Å². The molecular formula is C14H17ClN2S. The lowest BCUT2D eigenvalue weighted by Gasteiger charge is -2.27. The van der Waals surface area contributed by atoms with Crippen LogP contribution >= 0.6 is 22.9 Å². The van der Waals surface area contributed by atoms with E-state index in [1.807, 2.05) is 18.2 Å². The van der Waals surface area contributed by atoms with E-state index in [1.54, 1.807) is 11.3 Å². The van der Waals surface area contributed by atoms with Crippen LogP contribution in [0.4, 0.5) is 5.13 Å². The molecule has 1 saturated carbocycles. The number of nitrogens with zero attached hydrogens (tertiary/aromatic N) is 1. The Labute approximate surface area is 116 Å². The molecular weight excluding hydrogens is 264 g/mol. The predicted octanol–water partition coefficient (Wildman–Crippen LogP) is 4.94. The van der Waals surface area contributed by atoms with Gasteiger partial charge in [-0.1, -0.05) is 43.2 Å². The van der Waals surface area contributed by atoms with E-state index < -0.39 is 0 Å². The summed E-state index contributed by atoms with van der Waals surface area (Å²) < 4.78 is 1.19. The van der Waals surface area contributed by atoms with Crippen molar-refractivity contribution in [1.82, 2.24) is 4.98 Å². The molecule has 0 radical (unpaired) electrons. The fraction of sp³-hybridized carbons (Fsp3) is 0.500. The van der Waals surface area contributed by atoms with Crippen molar-refractivity contribution in [3.05, 3.63) is 23.2 Å². The van der Waals surface area contributed by atoms with E-state index in [1.165, 1.54) is 24.0 Å². The van der Waals surface area contributed by atoms with Crippen LogP contribution in [0.25, 0.3) is 10.2 Å². The van der Waals surface area contributed by atoms with Crippen molar-refractivity contribution in [2.45, 2.75) is 39.2 Å². The Hall–Kier alpha value is -0.800. The Bertz CT molecular complexity index is 576. The molecule has 1 unspecified atom stereocenters. The Morgan fingerprint density at radius 1 is 1.44 bits per heavy atom. The predicted molar refractivity (Wildman–Crippen MR) is 79.7 cm³/mol. The van der Waals surface area contributed by atoms with Gasteiger partial charge in [0.25, 0.3) is 0 Å². The largest absolute Gasteiger partial charge is 0.358 e. The summed E-state index contributed by atoms with van der Waals surface area (Å²) in [7, 11) is 0. The first-order valence-corrected chi connectivity index (χ1v) is 7.57. The molecule has 96 valence electrons. The molecule has 1 aromatic heterocycles. The van der Waals surface area contributed by atoms with Gasteiger partial charge in [-0.15, -0.1) is 0 Å². The summed E-state index contributed by atoms with van der Waals surface area (Å²) >= 11 is 7.70. The molecule has 1 heterocycles. The minimum Gasteiger partial charge on any atom is -0.358 e. The lowest BCUT2D eigenvalue weighted by Crippen LogP contribution is -2.30. The molecule has 0 saturated heterocycles. The summed E-state index contributed by atoms with van der Waals surface area (Å²) in [5, 5.41) is 5.38. The number of halogens is 1. The zero-order valence-corrected chi connectivity index (χ0v) is 12.2. The lowest BCUT2D eigenvalue weighted by molar-refractivity contribution is 0.350. The Balaban J connectivity index is 1.87. The number of thiazole rings is 1. The van der Waals surface area contributed by atoms with Crippen LogP contribution in [-0.4, -0.2) is 11.0 Å². The summed E-state index contributed by atoms with van der Waals surface area (Å²) in [4.78, 5) is 4.63. The second-order valence-corrected chi connectivity index (χ2v) is 7.18. The van der Waals surface area contributed by atoms with Crippen molar-refractivity contribution >= 4 is 38.3 Å². The number of hydrogen-bond acceptors (Lipinski definition) is 3. The van der Waals surface area contributed by atoms with Crippen molar-refractivity contribution in [1.29, 1.82) is 0 Å². The van der Waals surface area contributed by atoms with Crippen molar-refractivity contribution in [3.8, 4) is 0 Å². The minimum atomic E-state index is 0.371. The fourth-order valence-corrected chi connectivity index (χ4v) is 3.77.